The van der Waals surface area contributed by atoms with Gasteiger partial charge in [0.2, 0.25) is 0 Å². The number of piperidine rings is 1. The highest BCUT2D eigenvalue weighted by atomic mass is 35.5. The van der Waals surface area contributed by atoms with Gasteiger partial charge in [-0.1, -0.05) is 48.0 Å². The maximum atomic E-state index is 13.6. The SMILES string of the molecule is O=C(c1cc(-c2ccccc2Cl)nc2ccccc12)N1CCC(c2cnccn2)CC1. The quantitative estimate of drug-likeness (QED) is 0.440. The Kier molecular flexibility index (Phi) is 5.35. The van der Waals surface area contributed by atoms with Crippen molar-refractivity contribution in [1.82, 2.24) is 19.9 Å². The third kappa shape index (κ3) is 3.89. The molecule has 0 saturated carbocycles. The molecule has 4 aromatic rings. The standard InChI is InChI=1S/C25H21ClN4O/c26-21-7-3-1-6-19(21)23-15-20(18-5-2-4-8-22(18)29-23)25(31)30-13-9-17(10-14-30)24-16-27-11-12-28-24/h1-8,11-12,15-17H,9-10,13-14H2. The molecule has 2 aromatic carbocycles. The van der Waals surface area contributed by atoms with Crippen LogP contribution in [0.2, 0.25) is 5.02 Å². The average Bonchev–Trinajstić information content (AvgIpc) is 2.84. The van der Waals surface area contributed by atoms with Gasteiger partial charge in [0.15, 0.2) is 0 Å². The zero-order valence-corrected chi connectivity index (χ0v) is 17.7. The number of hydrogen-bond donors (Lipinski definition) is 0. The van der Waals surface area contributed by atoms with Crippen molar-refractivity contribution in [2.75, 3.05) is 13.1 Å². The molecule has 6 heteroatoms. The maximum absolute atomic E-state index is 13.6. The number of amides is 1. The summed E-state index contributed by atoms with van der Waals surface area (Å²) in [4.78, 5) is 28.9. The second-order valence-corrected chi connectivity index (χ2v) is 8.16. The first-order valence-electron chi connectivity index (χ1n) is 10.4. The number of hydrogen-bond acceptors (Lipinski definition) is 4. The first-order valence-corrected chi connectivity index (χ1v) is 10.8. The summed E-state index contributed by atoms with van der Waals surface area (Å²) in [6.07, 6.45) is 7.00. The van der Waals surface area contributed by atoms with Crippen LogP contribution in [0.15, 0.2) is 73.2 Å². The van der Waals surface area contributed by atoms with Crippen molar-refractivity contribution < 1.29 is 4.79 Å². The molecule has 1 aliphatic heterocycles. The number of para-hydroxylation sites is 1. The van der Waals surface area contributed by atoms with Crippen LogP contribution in [0.1, 0.15) is 34.8 Å². The molecule has 0 aliphatic carbocycles. The first kappa shape index (κ1) is 19.6. The summed E-state index contributed by atoms with van der Waals surface area (Å²) in [5, 5.41) is 1.48. The summed E-state index contributed by atoms with van der Waals surface area (Å²) in [7, 11) is 0. The van der Waals surface area contributed by atoms with Gasteiger partial charge in [0.25, 0.3) is 5.91 Å². The summed E-state index contributed by atoms with van der Waals surface area (Å²) in [6.45, 7) is 1.39. The molecule has 0 N–H and O–H groups in total. The van der Waals surface area contributed by atoms with Crippen LogP contribution in [-0.4, -0.2) is 38.8 Å². The lowest BCUT2D eigenvalue weighted by Crippen LogP contribution is -2.38. The molecular weight excluding hydrogens is 408 g/mol. The highest BCUT2D eigenvalue weighted by Crippen LogP contribution is 2.32. The Hall–Kier alpha value is -3.31. The van der Waals surface area contributed by atoms with Gasteiger partial charge in [0.1, 0.15) is 0 Å². The van der Waals surface area contributed by atoms with E-state index in [0.717, 1.165) is 35.0 Å². The third-order valence-corrected chi connectivity index (χ3v) is 6.21. The Morgan fingerprint density at radius 1 is 1.00 bits per heavy atom. The van der Waals surface area contributed by atoms with Gasteiger partial charge in [-0.25, -0.2) is 4.98 Å². The Balaban J connectivity index is 1.47. The molecule has 1 saturated heterocycles. The Labute approximate surface area is 185 Å². The van der Waals surface area contributed by atoms with E-state index in [0.29, 0.717) is 35.3 Å². The summed E-state index contributed by atoms with van der Waals surface area (Å²) in [5.41, 5.74) is 3.99. The number of benzene rings is 2. The number of fused-ring (bicyclic) bond motifs is 1. The lowest BCUT2D eigenvalue weighted by molar-refractivity contribution is 0.0714. The minimum atomic E-state index is 0.0319. The minimum Gasteiger partial charge on any atom is -0.339 e. The molecule has 3 heterocycles. The van der Waals surface area contributed by atoms with Gasteiger partial charge in [-0.2, -0.15) is 0 Å². The molecule has 0 atom stereocenters. The van der Waals surface area contributed by atoms with E-state index in [1.54, 1.807) is 12.4 Å². The maximum Gasteiger partial charge on any atom is 0.254 e. The smallest absolute Gasteiger partial charge is 0.254 e. The zero-order chi connectivity index (χ0) is 21.2. The van der Waals surface area contributed by atoms with Crippen LogP contribution in [0.4, 0.5) is 0 Å². The fraction of sp³-hybridized carbons (Fsp3) is 0.200. The van der Waals surface area contributed by atoms with Gasteiger partial charge in [-0.3, -0.25) is 14.8 Å². The Morgan fingerprint density at radius 3 is 2.55 bits per heavy atom. The number of carbonyl (C=O) groups is 1. The van der Waals surface area contributed by atoms with Gasteiger partial charge in [0.05, 0.1) is 22.5 Å². The average molecular weight is 429 g/mol. The predicted molar refractivity (Wildman–Crippen MR) is 122 cm³/mol. The fourth-order valence-corrected chi connectivity index (χ4v) is 4.46. The molecule has 0 unspecified atom stereocenters. The van der Waals surface area contributed by atoms with Crippen molar-refractivity contribution in [2.45, 2.75) is 18.8 Å². The number of carbonyl (C=O) groups excluding carboxylic acids is 1. The molecule has 1 amide bonds. The van der Waals surface area contributed by atoms with Gasteiger partial charge in [0, 0.05) is 53.6 Å². The van der Waals surface area contributed by atoms with Crippen molar-refractivity contribution in [1.29, 1.82) is 0 Å². The lowest BCUT2D eigenvalue weighted by Gasteiger charge is -2.32. The molecule has 5 nitrogen and oxygen atoms in total. The minimum absolute atomic E-state index is 0.0319. The van der Waals surface area contributed by atoms with E-state index in [2.05, 4.69) is 9.97 Å². The summed E-state index contributed by atoms with van der Waals surface area (Å²) < 4.78 is 0. The molecule has 154 valence electrons. The van der Waals surface area contributed by atoms with E-state index in [-0.39, 0.29) is 5.91 Å². The molecule has 31 heavy (non-hydrogen) atoms. The zero-order valence-electron chi connectivity index (χ0n) is 16.9. The highest BCUT2D eigenvalue weighted by molar-refractivity contribution is 6.33. The normalized spacial score (nSPS) is 14.7. The van der Waals surface area contributed by atoms with Crippen LogP contribution in [0.3, 0.4) is 0 Å². The van der Waals surface area contributed by atoms with Crippen molar-refractivity contribution in [3.63, 3.8) is 0 Å². The number of nitrogens with zero attached hydrogens (tertiary/aromatic N) is 4. The molecular formula is C25H21ClN4O. The van der Waals surface area contributed by atoms with E-state index >= 15 is 0 Å². The van der Waals surface area contributed by atoms with Crippen molar-refractivity contribution in [2.24, 2.45) is 0 Å². The van der Waals surface area contributed by atoms with Gasteiger partial charge < -0.3 is 4.90 Å². The molecule has 0 radical (unpaired) electrons. The van der Waals surface area contributed by atoms with Gasteiger partial charge >= 0.3 is 0 Å². The molecule has 0 bridgehead atoms. The van der Waals surface area contributed by atoms with Crippen molar-refractivity contribution in [3.8, 4) is 11.3 Å². The number of aromatic nitrogens is 3. The van der Waals surface area contributed by atoms with E-state index in [9.17, 15) is 4.79 Å². The summed E-state index contributed by atoms with van der Waals surface area (Å²) >= 11 is 6.42. The van der Waals surface area contributed by atoms with E-state index in [4.69, 9.17) is 16.6 Å². The van der Waals surface area contributed by atoms with Crippen LogP contribution in [0, 0.1) is 0 Å². The van der Waals surface area contributed by atoms with E-state index in [1.165, 1.54) is 0 Å². The van der Waals surface area contributed by atoms with E-state index in [1.807, 2.05) is 65.7 Å². The van der Waals surface area contributed by atoms with Crippen LogP contribution in [0.5, 0.6) is 0 Å². The highest BCUT2D eigenvalue weighted by Gasteiger charge is 2.27. The second-order valence-electron chi connectivity index (χ2n) is 7.75. The molecule has 5 rings (SSSR count). The summed E-state index contributed by atoms with van der Waals surface area (Å²) in [5.74, 6) is 0.370. The van der Waals surface area contributed by atoms with Crippen LogP contribution >= 0.6 is 11.6 Å². The number of likely N-dealkylation sites (tertiary alicyclic amines) is 1. The Morgan fingerprint density at radius 2 is 1.77 bits per heavy atom. The topological polar surface area (TPSA) is 59.0 Å². The number of pyridine rings is 1. The molecule has 0 spiro atoms. The van der Waals surface area contributed by atoms with Crippen LogP contribution in [0.25, 0.3) is 22.2 Å². The Bertz CT molecular complexity index is 1240. The number of rotatable bonds is 3. The van der Waals surface area contributed by atoms with Crippen LogP contribution in [-0.2, 0) is 0 Å². The summed E-state index contributed by atoms with van der Waals surface area (Å²) in [6, 6.07) is 17.2. The molecule has 2 aromatic heterocycles. The van der Waals surface area contributed by atoms with Crippen LogP contribution < -0.4 is 0 Å². The molecule has 1 fully saturated rings. The molecule has 1 aliphatic rings. The van der Waals surface area contributed by atoms with Gasteiger partial charge in [-0.15, -0.1) is 0 Å². The lowest BCUT2D eigenvalue weighted by atomic mass is 9.93. The fourth-order valence-electron chi connectivity index (χ4n) is 4.23. The van der Waals surface area contributed by atoms with Crippen molar-refractivity contribution >= 4 is 28.4 Å². The second kappa shape index (κ2) is 8.44. The monoisotopic (exact) mass is 428 g/mol. The van der Waals surface area contributed by atoms with E-state index < -0.39 is 0 Å². The van der Waals surface area contributed by atoms with Crippen molar-refractivity contribution in [3.05, 3.63) is 89.5 Å². The third-order valence-electron chi connectivity index (χ3n) is 5.88. The number of halogens is 1. The predicted octanol–water partition coefficient (Wildman–Crippen LogP) is 5.37. The van der Waals surface area contributed by atoms with Gasteiger partial charge in [-0.05, 0) is 31.0 Å². The first-order chi connectivity index (χ1) is 15.2. The largest absolute Gasteiger partial charge is 0.339 e.